The van der Waals surface area contributed by atoms with Gasteiger partial charge in [0.15, 0.2) is 0 Å². The van der Waals surface area contributed by atoms with Crippen molar-refractivity contribution < 1.29 is 19.1 Å². The fraction of sp³-hybridized carbons (Fsp3) is 0.125. The predicted molar refractivity (Wildman–Crippen MR) is 76.6 cm³/mol. The number of ketones is 1. The van der Waals surface area contributed by atoms with Gasteiger partial charge in [0.05, 0.1) is 14.2 Å². The Bertz CT molecular complexity index is 686. The fourth-order valence-corrected chi connectivity index (χ4v) is 1.95. The first kappa shape index (κ1) is 13.8. The molecule has 0 saturated heterocycles. The van der Waals surface area contributed by atoms with E-state index in [0.717, 1.165) is 16.3 Å². The van der Waals surface area contributed by atoms with Crippen LogP contribution in [-0.4, -0.2) is 26.0 Å². The van der Waals surface area contributed by atoms with E-state index < -0.39 is 11.8 Å². The highest BCUT2D eigenvalue weighted by atomic mass is 16.5. The van der Waals surface area contributed by atoms with Gasteiger partial charge in [0.25, 0.3) is 5.78 Å². The van der Waals surface area contributed by atoms with Gasteiger partial charge in [0, 0.05) is 10.9 Å². The van der Waals surface area contributed by atoms with Crippen LogP contribution < -0.4 is 4.74 Å². The van der Waals surface area contributed by atoms with Crippen LogP contribution in [0.25, 0.3) is 16.8 Å². The van der Waals surface area contributed by atoms with Gasteiger partial charge in [0.1, 0.15) is 5.75 Å². The van der Waals surface area contributed by atoms with E-state index in [1.165, 1.54) is 13.2 Å². The first-order chi connectivity index (χ1) is 9.67. The summed E-state index contributed by atoms with van der Waals surface area (Å²) in [5, 5.41) is 1.99. The molecule has 4 nitrogen and oxygen atoms in total. The van der Waals surface area contributed by atoms with Crippen LogP contribution in [0.2, 0.25) is 0 Å². The minimum Gasteiger partial charge on any atom is -0.495 e. The zero-order chi connectivity index (χ0) is 14.5. The highest BCUT2D eigenvalue weighted by molar-refractivity contribution is 6.39. The van der Waals surface area contributed by atoms with Gasteiger partial charge in [-0.3, -0.25) is 4.79 Å². The van der Waals surface area contributed by atoms with E-state index in [1.807, 2.05) is 36.4 Å². The van der Waals surface area contributed by atoms with Gasteiger partial charge in [-0.25, -0.2) is 4.79 Å². The van der Waals surface area contributed by atoms with Gasteiger partial charge in [-0.1, -0.05) is 36.4 Å². The van der Waals surface area contributed by atoms with E-state index in [-0.39, 0.29) is 0 Å². The molecule has 2 aromatic carbocycles. The third-order valence-corrected chi connectivity index (χ3v) is 2.92. The molecule has 102 valence electrons. The quantitative estimate of drug-likeness (QED) is 0.487. The zero-order valence-corrected chi connectivity index (χ0v) is 11.3. The van der Waals surface area contributed by atoms with Crippen LogP contribution in [-0.2, 0) is 14.3 Å². The van der Waals surface area contributed by atoms with E-state index in [2.05, 4.69) is 4.74 Å². The Kier molecular flexibility index (Phi) is 4.15. The summed E-state index contributed by atoms with van der Waals surface area (Å²) >= 11 is 0. The topological polar surface area (TPSA) is 52.6 Å². The lowest BCUT2D eigenvalue weighted by Crippen LogP contribution is -2.12. The molecule has 0 unspecified atom stereocenters. The summed E-state index contributed by atoms with van der Waals surface area (Å²) in [6.45, 7) is 0. The Morgan fingerprint density at radius 1 is 1.05 bits per heavy atom. The highest BCUT2D eigenvalue weighted by Gasteiger charge is 2.10. The summed E-state index contributed by atoms with van der Waals surface area (Å²) in [5.41, 5.74) is 0.725. The minimum atomic E-state index is -0.888. The van der Waals surface area contributed by atoms with Crippen molar-refractivity contribution in [1.29, 1.82) is 0 Å². The molecule has 4 heteroatoms. The van der Waals surface area contributed by atoms with Crippen molar-refractivity contribution in [2.45, 2.75) is 0 Å². The van der Waals surface area contributed by atoms with Gasteiger partial charge < -0.3 is 9.47 Å². The van der Waals surface area contributed by atoms with E-state index in [0.29, 0.717) is 5.75 Å². The van der Waals surface area contributed by atoms with Crippen LogP contribution in [0.1, 0.15) is 5.56 Å². The van der Waals surface area contributed by atoms with Crippen molar-refractivity contribution in [3.05, 3.63) is 48.0 Å². The lowest BCUT2D eigenvalue weighted by atomic mass is 10.0. The van der Waals surface area contributed by atoms with Crippen molar-refractivity contribution >= 4 is 28.6 Å². The van der Waals surface area contributed by atoms with Crippen molar-refractivity contribution in [1.82, 2.24) is 0 Å². The molecule has 0 bridgehead atoms. The summed E-state index contributed by atoms with van der Waals surface area (Å²) in [7, 11) is 2.74. The van der Waals surface area contributed by atoms with Crippen molar-refractivity contribution in [3.63, 3.8) is 0 Å². The standard InChI is InChI=1S/C16H14O4/c1-19-15-12(9-10-14(17)16(18)20-2)8-7-11-5-3-4-6-13(11)15/h3-10H,1-2H3/b10-9+. The minimum absolute atomic E-state index is 0.664. The van der Waals surface area contributed by atoms with E-state index in [9.17, 15) is 9.59 Å². The second kappa shape index (κ2) is 6.02. The molecule has 0 heterocycles. The summed E-state index contributed by atoms with van der Waals surface area (Å²) < 4.78 is 9.76. The molecule has 0 N–H and O–H groups in total. The van der Waals surface area contributed by atoms with Gasteiger partial charge in [0.2, 0.25) is 0 Å². The Hall–Kier alpha value is -2.62. The van der Waals surface area contributed by atoms with Gasteiger partial charge in [-0.05, 0) is 17.5 Å². The maximum Gasteiger partial charge on any atom is 0.378 e. The van der Waals surface area contributed by atoms with Gasteiger partial charge in [-0.15, -0.1) is 0 Å². The maximum absolute atomic E-state index is 11.4. The van der Waals surface area contributed by atoms with Crippen LogP contribution in [0, 0.1) is 0 Å². The Morgan fingerprint density at radius 2 is 1.80 bits per heavy atom. The highest BCUT2D eigenvalue weighted by Crippen LogP contribution is 2.30. The van der Waals surface area contributed by atoms with E-state index in [4.69, 9.17) is 4.74 Å². The van der Waals surface area contributed by atoms with Crippen molar-refractivity contribution in [2.24, 2.45) is 0 Å². The molecule has 2 rings (SSSR count). The number of carbonyl (C=O) groups is 2. The summed E-state index contributed by atoms with van der Waals surface area (Å²) in [4.78, 5) is 22.5. The van der Waals surface area contributed by atoms with Crippen molar-refractivity contribution in [3.8, 4) is 5.75 Å². The molecule has 0 radical (unpaired) electrons. The number of ether oxygens (including phenoxy) is 2. The van der Waals surface area contributed by atoms with Gasteiger partial charge >= 0.3 is 5.97 Å². The van der Waals surface area contributed by atoms with Crippen LogP contribution in [0.15, 0.2) is 42.5 Å². The predicted octanol–water partition coefficient (Wildman–Crippen LogP) is 2.60. The molecule has 0 aliphatic carbocycles. The normalized spacial score (nSPS) is 10.7. The second-order valence-corrected chi connectivity index (χ2v) is 4.10. The average molecular weight is 270 g/mol. The van der Waals surface area contributed by atoms with Crippen LogP contribution in [0.3, 0.4) is 0 Å². The number of methoxy groups -OCH3 is 2. The Morgan fingerprint density at radius 3 is 2.50 bits per heavy atom. The molecule has 2 aromatic rings. The van der Waals surface area contributed by atoms with Crippen LogP contribution in [0.4, 0.5) is 0 Å². The van der Waals surface area contributed by atoms with Crippen LogP contribution >= 0.6 is 0 Å². The molecule has 0 fully saturated rings. The SMILES string of the molecule is COC(=O)C(=O)/C=C/c1ccc2ccccc2c1OC. The monoisotopic (exact) mass is 270 g/mol. The number of benzene rings is 2. The van der Waals surface area contributed by atoms with E-state index in [1.54, 1.807) is 13.2 Å². The Balaban J connectivity index is 2.42. The molecule has 0 aliphatic heterocycles. The summed E-state index contributed by atoms with van der Waals surface area (Å²) in [6.07, 6.45) is 2.73. The number of hydrogen-bond donors (Lipinski definition) is 0. The average Bonchev–Trinajstić information content (AvgIpc) is 2.50. The lowest BCUT2D eigenvalue weighted by molar-refractivity contribution is -0.149. The number of fused-ring (bicyclic) bond motifs is 1. The summed E-state index contributed by atoms with van der Waals surface area (Å²) in [5.74, 6) is -0.930. The molecule has 0 aliphatic rings. The first-order valence-electron chi connectivity index (χ1n) is 6.03. The molecule has 20 heavy (non-hydrogen) atoms. The largest absolute Gasteiger partial charge is 0.495 e. The molecule has 0 atom stereocenters. The number of hydrogen-bond acceptors (Lipinski definition) is 4. The fourth-order valence-electron chi connectivity index (χ4n) is 1.95. The third-order valence-electron chi connectivity index (χ3n) is 2.92. The maximum atomic E-state index is 11.4. The lowest BCUT2D eigenvalue weighted by Gasteiger charge is -2.08. The molecular formula is C16H14O4. The second-order valence-electron chi connectivity index (χ2n) is 4.10. The number of esters is 1. The molecule has 0 spiro atoms. The molecule has 0 amide bonds. The molecule has 0 saturated carbocycles. The summed E-state index contributed by atoms with van der Waals surface area (Å²) in [6, 6.07) is 11.5. The van der Waals surface area contributed by atoms with Crippen LogP contribution in [0.5, 0.6) is 5.75 Å². The third kappa shape index (κ3) is 2.69. The van der Waals surface area contributed by atoms with Gasteiger partial charge in [-0.2, -0.15) is 0 Å². The number of carbonyl (C=O) groups excluding carboxylic acids is 2. The van der Waals surface area contributed by atoms with E-state index >= 15 is 0 Å². The molecule has 0 aromatic heterocycles. The Labute approximate surface area is 116 Å². The molecular weight excluding hydrogens is 256 g/mol. The smallest absolute Gasteiger partial charge is 0.378 e. The number of rotatable bonds is 4. The zero-order valence-electron chi connectivity index (χ0n) is 11.3. The van der Waals surface area contributed by atoms with Crippen molar-refractivity contribution in [2.75, 3.05) is 14.2 Å². The first-order valence-corrected chi connectivity index (χ1v) is 6.03.